The summed E-state index contributed by atoms with van der Waals surface area (Å²) in [7, 11) is 0. The van der Waals surface area contributed by atoms with E-state index in [1.54, 1.807) is 24.3 Å². The van der Waals surface area contributed by atoms with E-state index in [0.29, 0.717) is 17.7 Å². The van der Waals surface area contributed by atoms with Crippen molar-refractivity contribution in [1.82, 2.24) is 0 Å². The van der Waals surface area contributed by atoms with Crippen LogP contribution in [0.1, 0.15) is 34.1 Å². The Morgan fingerprint density at radius 2 is 1.12 bits per heavy atom. The second kappa shape index (κ2) is 17.3. The number of hydrogen-bond acceptors (Lipinski definition) is 4. The van der Waals surface area contributed by atoms with Gasteiger partial charge in [0.2, 0.25) is 10.2 Å². The molecule has 2 aromatic carbocycles. The molecule has 2 rings (SSSR count). The van der Waals surface area contributed by atoms with E-state index in [0.717, 1.165) is 6.42 Å². The molecule has 0 amide bonds. The van der Waals surface area contributed by atoms with Gasteiger partial charge in [-0.15, -0.1) is 25.3 Å². The highest BCUT2D eigenvalue weighted by Gasteiger charge is 1.94. The van der Waals surface area contributed by atoms with Gasteiger partial charge >= 0.3 is 0 Å². The first-order valence-electron chi connectivity index (χ1n) is 6.96. The lowest BCUT2D eigenvalue weighted by molar-refractivity contribution is 0.108. The van der Waals surface area contributed by atoms with Gasteiger partial charge in [-0.1, -0.05) is 67.6 Å². The average Bonchev–Trinajstić information content (AvgIpc) is 2.65. The number of nitriles is 1. The molecule has 6 heteroatoms. The second-order valence-electron chi connectivity index (χ2n) is 4.07. The first-order valence-corrected chi connectivity index (χ1v) is 7.85. The van der Waals surface area contributed by atoms with Crippen LogP contribution in [0, 0.1) is 11.8 Å². The molecule has 0 radical (unpaired) electrons. The molecule has 0 saturated carbocycles. The largest absolute Gasteiger partial charge is 0.396 e. The van der Waals surface area contributed by atoms with Gasteiger partial charge in [0.15, 0.2) is 0 Å². The third-order valence-corrected chi connectivity index (χ3v) is 2.78. The Balaban J connectivity index is 0. The van der Waals surface area contributed by atoms with E-state index in [-0.39, 0.29) is 10.2 Å². The predicted molar refractivity (Wildman–Crippen MR) is 104 cm³/mol. The van der Waals surface area contributed by atoms with Crippen molar-refractivity contribution in [3.63, 3.8) is 0 Å². The highest BCUT2D eigenvalue weighted by Crippen LogP contribution is 2.01. The molecule has 0 spiro atoms. The summed E-state index contributed by atoms with van der Waals surface area (Å²) in [6.45, 7) is 5.75. The van der Waals surface area contributed by atoms with E-state index in [9.17, 15) is 9.59 Å². The fourth-order valence-corrected chi connectivity index (χ4v) is 1.46. The zero-order chi connectivity index (χ0) is 18.8. The molecule has 128 valence electrons. The summed E-state index contributed by atoms with van der Waals surface area (Å²) in [5.74, 6) is 0. The standard InChI is InChI=1S/2C7H6OS.C3H8O.CHN/c2*8-7(9)6-4-2-1-3-5-6;1-2-3-4;1-2/h2*1-5H,(H,8,9);4H,2-3H2,1H3;1H. The van der Waals surface area contributed by atoms with Gasteiger partial charge < -0.3 is 5.11 Å². The van der Waals surface area contributed by atoms with E-state index >= 15 is 0 Å². The summed E-state index contributed by atoms with van der Waals surface area (Å²) < 4.78 is 0. The highest BCUT2D eigenvalue weighted by molar-refractivity contribution is 7.97. The topological polar surface area (TPSA) is 78.2 Å². The molecule has 1 N–H and O–H groups in total. The third-order valence-electron chi connectivity index (χ3n) is 2.27. The minimum absolute atomic E-state index is 0.185. The summed E-state index contributed by atoms with van der Waals surface area (Å²) in [5, 5.41) is 14.0. The quantitative estimate of drug-likeness (QED) is 0.719. The van der Waals surface area contributed by atoms with Crippen molar-refractivity contribution in [3.8, 4) is 6.57 Å². The Kier molecular flexibility index (Phi) is 17.4. The predicted octanol–water partition coefficient (Wildman–Crippen LogP) is 4.04. The molecule has 0 saturated heterocycles. The van der Waals surface area contributed by atoms with Crippen molar-refractivity contribution in [3.05, 3.63) is 71.8 Å². The minimum atomic E-state index is -0.185. The van der Waals surface area contributed by atoms with Crippen LogP contribution in [0.2, 0.25) is 0 Å². The van der Waals surface area contributed by atoms with Gasteiger partial charge in [-0.3, -0.25) is 9.59 Å². The molecule has 0 fully saturated rings. The van der Waals surface area contributed by atoms with E-state index in [1.807, 2.05) is 43.3 Å². The molecule has 2 aromatic rings. The van der Waals surface area contributed by atoms with Gasteiger partial charge in [-0.2, -0.15) is 0 Å². The van der Waals surface area contributed by atoms with Crippen LogP contribution in [0.3, 0.4) is 0 Å². The number of hydrogen-bond donors (Lipinski definition) is 3. The molecule has 4 nitrogen and oxygen atoms in total. The Bertz CT molecular complexity index is 535. The molecule has 0 unspecified atom stereocenters. The van der Waals surface area contributed by atoms with Gasteiger partial charge in [0.05, 0.1) is 0 Å². The Morgan fingerprint density at radius 3 is 1.25 bits per heavy atom. The van der Waals surface area contributed by atoms with E-state index in [2.05, 4.69) is 31.8 Å². The highest BCUT2D eigenvalue weighted by atomic mass is 32.1. The van der Waals surface area contributed by atoms with Crippen LogP contribution in [-0.2, 0) is 0 Å². The SMILES string of the molecule is C#N.CCCO.O=C(S)c1ccccc1.O=C(S)c1ccccc1. The van der Waals surface area contributed by atoms with Crippen molar-refractivity contribution in [2.75, 3.05) is 6.61 Å². The maximum atomic E-state index is 10.5. The molecular weight excluding hydrogens is 342 g/mol. The van der Waals surface area contributed by atoms with Crippen LogP contribution >= 0.6 is 25.3 Å². The molecular formula is C18H21NO3S2. The number of benzene rings is 2. The van der Waals surface area contributed by atoms with Crippen LogP contribution < -0.4 is 0 Å². The lowest BCUT2D eigenvalue weighted by Gasteiger charge is -1.88. The second-order valence-corrected chi connectivity index (χ2v) is 4.88. The summed E-state index contributed by atoms with van der Waals surface area (Å²) in [6.07, 6.45) is 0.875. The van der Waals surface area contributed by atoms with Gasteiger partial charge in [0.25, 0.3) is 0 Å². The maximum absolute atomic E-state index is 10.5. The number of carbonyl (C=O) groups is 2. The van der Waals surface area contributed by atoms with Gasteiger partial charge in [-0.25, -0.2) is 5.26 Å². The molecule has 0 heterocycles. The van der Waals surface area contributed by atoms with Gasteiger partial charge in [-0.05, 0) is 6.42 Å². The van der Waals surface area contributed by atoms with Crippen molar-refractivity contribution in [2.45, 2.75) is 13.3 Å². The zero-order valence-electron chi connectivity index (χ0n) is 13.4. The number of rotatable bonds is 3. The van der Waals surface area contributed by atoms with E-state index in [4.69, 9.17) is 10.4 Å². The molecule has 24 heavy (non-hydrogen) atoms. The summed E-state index contributed by atoms with van der Waals surface area (Å²) in [5.41, 5.74) is 1.28. The van der Waals surface area contributed by atoms with E-state index < -0.39 is 0 Å². The number of nitrogens with zero attached hydrogens (tertiary/aromatic N) is 1. The Labute approximate surface area is 154 Å². The molecule has 0 aliphatic rings. The Morgan fingerprint density at radius 1 is 0.875 bits per heavy atom. The minimum Gasteiger partial charge on any atom is -0.396 e. The Hall–Kier alpha value is -2.07. The molecule has 0 aliphatic carbocycles. The zero-order valence-corrected chi connectivity index (χ0v) is 15.2. The lowest BCUT2D eigenvalue weighted by Crippen LogP contribution is -1.84. The van der Waals surface area contributed by atoms with Gasteiger partial charge in [0, 0.05) is 24.3 Å². The van der Waals surface area contributed by atoms with Crippen molar-refractivity contribution in [1.29, 1.82) is 5.26 Å². The summed E-state index contributed by atoms with van der Waals surface area (Å²) >= 11 is 7.30. The fourth-order valence-electron chi connectivity index (χ4n) is 1.16. The number of aliphatic hydroxyl groups is 1. The number of thiol groups is 2. The number of carbonyl (C=O) groups excluding carboxylic acids is 2. The lowest BCUT2D eigenvalue weighted by atomic mass is 10.2. The normalized spacial score (nSPS) is 8.08. The number of aliphatic hydroxyl groups excluding tert-OH is 1. The third kappa shape index (κ3) is 13.6. The summed E-state index contributed by atoms with van der Waals surface area (Å²) in [6, 6.07) is 17.9. The average molecular weight is 364 g/mol. The van der Waals surface area contributed by atoms with Crippen LogP contribution in [0.4, 0.5) is 0 Å². The van der Waals surface area contributed by atoms with Crippen LogP contribution in [0.25, 0.3) is 0 Å². The van der Waals surface area contributed by atoms with Gasteiger partial charge in [0.1, 0.15) is 0 Å². The molecule has 0 atom stereocenters. The molecule has 0 aromatic heterocycles. The van der Waals surface area contributed by atoms with Crippen molar-refractivity contribution >= 4 is 35.5 Å². The summed E-state index contributed by atoms with van der Waals surface area (Å²) in [4.78, 5) is 21.0. The first-order chi connectivity index (χ1) is 11.5. The van der Waals surface area contributed by atoms with Crippen LogP contribution in [0.5, 0.6) is 0 Å². The van der Waals surface area contributed by atoms with Crippen LogP contribution in [0.15, 0.2) is 60.7 Å². The van der Waals surface area contributed by atoms with Crippen LogP contribution in [-0.4, -0.2) is 21.9 Å². The first kappa shape index (κ1) is 24.2. The maximum Gasteiger partial charge on any atom is 0.216 e. The molecule has 0 aliphatic heterocycles. The fraction of sp³-hybridized carbons (Fsp3) is 0.167. The van der Waals surface area contributed by atoms with Crippen molar-refractivity contribution in [2.24, 2.45) is 0 Å². The molecule has 0 bridgehead atoms. The smallest absolute Gasteiger partial charge is 0.216 e. The monoisotopic (exact) mass is 363 g/mol. The van der Waals surface area contributed by atoms with E-state index in [1.165, 1.54) is 0 Å². The van der Waals surface area contributed by atoms with Crippen molar-refractivity contribution < 1.29 is 14.7 Å².